The van der Waals surface area contributed by atoms with Crippen LogP contribution in [0.1, 0.15) is 19.2 Å². The van der Waals surface area contributed by atoms with E-state index < -0.39 is 0 Å². The van der Waals surface area contributed by atoms with E-state index in [4.69, 9.17) is 0 Å². The highest BCUT2D eigenvalue weighted by molar-refractivity contribution is 5.77. The maximum absolute atomic E-state index is 11.3. The van der Waals surface area contributed by atoms with Gasteiger partial charge in [-0.1, -0.05) is 6.92 Å². The van der Waals surface area contributed by atoms with Crippen molar-refractivity contribution in [3.05, 3.63) is 12.2 Å². The normalized spacial score (nSPS) is 10.4. The quantitative estimate of drug-likeness (QED) is 0.612. The fraction of sp³-hybridized carbons (Fsp3) is 0.700. The maximum Gasteiger partial charge on any atom is 0.233 e. The Bertz CT molecular complexity index is 323. The van der Waals surface area contributed by atoms with Crippen LogP contribution in [0.4, 0.5) is 0 Å². The summed E-state index contributed by atoms with van der Waals surface area (Å²) in [7, 11) is 1.89. The van der Waals surface area contributed by atoms with Gasteiger partial charge in [0.15, 0.2) is 0 Å². The van der Waals surface area contributed by atoms with Gasteiger partial charge < -0.3 is 15.2 Å². The molecule has 1 heterocycles. The van der Waals surface area contributed by atoms with Gasteiger partial charge in [-0.2, -0.15) is 0 Å². The minimum absolute atomic E-state index is 0.0237. The number of aromatic nitrogens is 3. The Morgan fingerprint density at radius 1 is 1.50 bits per heavy atom. The van der Waals surface area contributed by atoms with E-state index in [9.17, 15) is 4.79 Å². The summed E-state index contributed by atoms with van der Waals surface area (Å²) < 4.78 is 1.85. The summed E-state index contributed by atoms with van der Waals surface area (Å²) >= 11 is 0. The van der Waals surface area contributed by atoms with Crippen LogP contribution < -0.4 is 10.6 Å². The molecule has 1 aromatic heterocycles. The molecule has 0 aromatic carbocycles. The molecule has 0 aliphatic rings. The molecule has 0 spiro atoms. The van der Waals surface area contributed by atoms with Crippen LogP contribution in [0.25, 0.3) is 0 Å². The van der Waals surface area contributed by atoms with Gasteiger partial charge in [0.2, 0.25) is 5.91 Å². The molecule has 0 bridgehead atoms. The number of rotatable bonds is 7. The summed E-state index contributed by atoms with van der Waals surface area (Å²) in [5.74, 6) is 0.900. The monoisotopic (exact) mass is 225 g/mol. The fourth-order valence-corrected chi connectivity index (χ4v) is 1.29. The maximum atomic E-state index is 11.3. The van der Waals surface area contributed by atoms with Crippen LogP contribution >= 0.6 is 0 Å². The standard InChI is InChI=1S/C10H19N5O/c1-3-5-11-7-10(16)12-6-4-9-14-13-8-15(9)2/h8,11H,3-7H2,1-2H3,(H,12,16). The van der Waals surface area contributed by atoms with Gasteiger partial charge in [-0.25, -0.2) is 0 Å². The largest absolute Gasteiger partial charge is 0.355 e. The van der Waals surface area contributed by atoms with Crippen LogP contribution in [0.5, 0.6) is 0 Å². The first-order valence-corrected chi connectivity index (χ1v) is 5.54. The van der Waals surface area contributed by atoms with E-state index in [1.165, 1.54) is 0 Å². The van der Waals surface area contributed by atoms with Crippen molar-refractivity contribution in [2.75, 3.05) is 19.6 Å². The van der Waals surface area contributed by atoms with Gasteiger partial charge in [0.25, 0.3) is 0 Å². The van der Waals surface area contributed by atoms with Crippen LogP contribution in [0.3, 0.4) is 0 Å². The van der Waals surface area contributed by atoms with Gasteiger partial charge in [0, 0.05) is 20.0 Å². The Labute approximate surface area is 95.4 Å². The molecule has 0 aliphatic heterocycles. The highest BCUT2D eigenvalue weighted by Gasteiger charge is 2.02. The third kappa shape index (κ3) is 4.39. The first kappa shape index (κ1) is 12.6. The molecule has 0 unspecified atom stereocenters. The smallest absolute Gasteiger partial charge is 0.233 e. The van der Waals surface area contributed by atoms with Crippen molar-refractivity contribution in [3.63, 3.8) is 0 Å². The average Bonchev–Trinajstić information content (AvgIpc) is 2.65. The molecule has 6 heteroatoms. The molecule has 2 N–H and O–H groups in total. The second-order valence-corrected chi connectivity index (χ2v) is 3.63. The molecule has 0 aliphatic carbocycles. The zero-order valence-electron chi connectivity index (χ0n) is 9.86. The molecule has 0 fully saturated rings. The highest BCUT2D eigenvalue weighted by atomic mass is 16.1. The van der Waals surface area contributed by atoms with Gasteiger partial charge in [0.1, 0.15) is 12.2 Å². The SMILES string of the molecule is CCCNCC(=O)NCCc1nncn1C. The van der Waals surface area contributed by atoms with E-state index in [1.807, 2.05) is 11.6 Å². The van der Waals surface area contributed by atoms with Crippen LogP contribution in [0.15, 0.2) is 6.33 Å². The van der Waals surface area contributed by atoms with E-state index in [0.717, 1.165) is 18.8 Å². The van der Waals surface area contributed by atoms with Crippen LogP contribution in [0.2, 0.25) is 0 Å². The number of amides is 1. The lowest BCUT2D eigenvalue weighted by molar-refractivity contribution is -0.120. The minimum atomic E-state index is 0.0237. The van der Waals surface area contributed by atoms with Gasteiger partial charge in [0.05, 0.1) is 6.54 Å². The zero-order valence-corrected chi connectivity index (χ0v) is 9.86. The molecule has 6 nitrogen and oxygen atoms in total. The summed E-state index contributed by atoms with van der Waals surface area (Å²) in [6, 6.07) is 0. The number of hydrogen-bond donors (Lipinski definition) is 2. The minimum Gasteiger partial charge on any atom is -0.355 e. The average molecular weight is 225 g/mol. The summed E-state index contributed by atoms with van der Waals surface area (Å²) in [6.07, 6.45) is 3.39. The van der Waals surface area contributed by atoms with E-state index in [1.54, 1.807) is 6.33 Å². The first-order valence-electron chi connectivity index (χ1n) is 5.54. The van der Waals surface area contributed by atoms with Gasteiger partial charge in [-0.15, -0.1) is 10.2 Å². The lowest BCUT2D eigenvalue weighted by atomic mass is 10.4. The molecule has 0 saturated heterocycles. The van der Waals surface area contributed by atoms with Crippen molar-refractivity contribution in [1.82, 2.24) is 25.4 Å². The summed E-state index contributed by atoms with van der Waals surface area (Å²) in [5.41, 5.74) is 0. The highest BCUT2D eigenvalue weighted by Crippen LogP contribution is 1.90. The predicted octanol–water partition coefficient (Wildman–Crippen LogP) is -0.527. The number of aryl methyl sites for hydroxylation is 1. The Morgan fingerprint density at radius 3 is 2.94 bits per heavy atom. The van der Waals surface area contributed by atoms with Crippen molar-refractivity contribution >= 4 is 5.91 Å². The van der Waals surface area contributed by atoms with Gasteiger partial charge in [-0.05, 0) is 13.0 Å². The van der Waals surface area contributed by atoms with Crippen molar-refractivity contribution in [2.24, 2.45) is 7.05 Å². The Hall–Kier alpha value is -1.43. The third-order valence-corrected chi connectivity index (χ3v) is 2.19. The number of carbonyl (C=O) groups excluding carboxylic acids is 1. The zero-order chi connectivity index (χ0) is 11.8. The number of hydrogen-bond acceptors (Lipinski definition) is 4. The topological polar surface area (TPSA) is 71.8 Å². The second kappa shape index (κ2) is 6.95. The van der Waals surface area contributed by atoms with Crippen LogP contribution in [0, 0.1) is 0 Å². The van der Waals surface area contributed by atoms with E-state index in [0.29, 0.717) is 19.5 Å². The van der Waals surface area contributed by atoms with Crippen molar-refractivity contribution in [2.45, 2.75) is 19.8 Å². The van der Waals surface area contributed by atoms with Gasteiger partial charge in [-0.3, -0.25) is 4.79 Å². The van der Waals surface area contributed by atoms with E-state index >= 15 is 0 Å². The Morgan fingerprint density at radius 2 is 2.31 bits per heavy atom. The summed E-state index contributed by atoms with van der Waals surface area (Å²) in [5, 5.41) is 13.6. The Kier molecular flexibility index (Phi) is 5.49. The van der Waals surface area contributed by atoms with Crippen LogP contribution in [-0.2, 0) is 18.3 Å². The second-order valence-electron chi connectivity index (χ2n) is 3.63. The predicted molar refractivity (Wildman–Crippen MR) is 60.9 cm³/mol. The molecule has 1 aromatic rings. The van der Waals surface area contributed by atoms with Crippen molar-refractivity contribution in [1.29, 1.82) is 0 Å². The summed E-state index contributed by atoms with van der Waals surface area (Å²) in [4.78, 5) is 11.3. The molecule has 1 rings (SSSR count). The molecule has 0 radical (unpaired) electrons. The first-order chi connectivity index (χ1) is 7.74. The number of carbonyl (C=O) groups is 1. The number of nitrogens with one attached hydrogen (secondary N) is 2. The molecule has 90 valence electrons. The van der Waals surface area contributed by atoms with E-state index in [2.05, 4.69) is 27.8 Å². The lowest BCUT2D eigenvalue weighted by Crippen LogP contribution is -2.35. The molecule has 0 saturated carbocycles. The molecule has 1 amide bonds. The van der Waals surface area contributed by atoms with Gasteiger partial charge >= 0.3 is 0 Å². The summed E-state index contributed by atoms with van der Waals surface area (Å²) in [6.45, 7) is 3.92. The fourth-order valence-electron chi connectivity index (χ4n) is 1.29. The number of nitrogens with zero attached hydrogens (tertiary/aromatic N) is 3. The van der Waals surface area contributed by atoms with Crippen LogP contribution in [-0.4, -0.2) is 40.3 Å². The molecular formula is C10H19N5O. The van der Waals surface area contributed by atoms with Crippen molar-refractivity contribution in [3.8, 4) is 0 Å². The molecular weight excluding hydrogens is 206 g/mol. The molecule has 16 heavy (non-hydrogen) atoms. The third-order valence-electron chi connectivity index (χ3n) is 2.19. The van der Waals surface area contributed by atoms with E-state index in [-0.39, 0.29) is 5.91 Å². The lowest BCUT2D eigenvalue weighted by Gasteiger charge is -2.05. The molecule has 0 atom stereocenters. The van der Waals surface area contributed by atoms with Crippen molar-refractivity contribution < 1.29 is 4.79 Å². The Balaban J connectivity index is 2.11.